The zero-order valence-corrected chi connectivity index (χ0v) is 11.8. The summed E-state index contributed by atoms with van der Waals surface area (Å²) in [7, 11) is 0. The molecule has 1 saturated carbocycles. The lowest BCUT2D eigenvalue weighted by Crippen LogP contribution is -2.31. The highest BCUT2D eigenvalue weighted by Crippen LogP contribution is 2.41. The van der Waals surface area contributed by atoms with E-state index in [-0.39, 0.29) is 29.9 Å². The van der Waals surface area contributed by atoms with E-state index in [0.717, 1.165) is 0 Å². The first-order valence-electron chi connectivity index (χ1n) is 6.05. The van der Waals surface area contributed by atoms with Crippen molar-refractivity contribution in [1.82, 2.24) is 0 Å². The maximum Gasteiger partial charge on any atom is 0.395 e. The zero-order valence-electron chi connectivity index (χ0n) is 10.3. The molecule has 0 heterocycles. The Hall–Kier alpha value is -1.000. The third kappa shape index (κ3) is 3.36. The number of rotatable bonds is 1. The number of Topliss-reactive ketones (excluding diaryl/α,β-unsaturated/α-hetero) is 1. The van der Waals surface area contributed by atoms with Crippen molar-refractivity contribution < 1.29 is 18.0 Å². The molecular formula is C14H11Cl2F3O. The lowest BCUT2D eigenvalue weighted by molar-refractivity contribution is -0.170. The molecule has 0 N–H and O–H groups in total. The number of allylic oxidation sites excluding steroid dienone is 1. The molecule has 0 radical (unpaired) electrons. The maximum absolute atomic E-state index is 13.0. The minimum absolute atomic E-state index is 0.0632. The Labute approximate surface area is 124 Å². The predicted molar refractivity (Wildman–Crippen MR) is 72.8 cm³/mol. The normalized spacial score (nSPS) is 22.4. The van der Waals surface area contributed by atoms with Crippen LogP contribution in [0.5, 0.6) is 0 Å². The average Bonchev–Trinajstić information content (AvgIpc) is 2.33. The molecule has 1 aromatic rings. The third-order valence-corrected chi connectivity index (χ3v) is 3.83. The number of benzene rings is 1. The third-order valence-electron chi connectivity index (χ3n) is 3.26. The number of hydrogen-bond donors (Lipinski definition) is 0. The first-order chi connectivity index (χ1) is 9.29. The van der Waals surface area contributed by atoms with Crippen LogP contribution >= 0.6 is 23.2 Å². The van der Waals surface area contributed by atoms with Crippen LogP contribution in [0.25, 0.3) is 6.08 Å². The number of ketones is 1. The Bertz CT molecular complexity index is 564. The van der Waals surface area contributed by atoms with Crippen LogP contribution in [-0.2, 0) is 4.79 Å². The molecule has 1 unspecified atom stereocenters. The fraction of sp³-hybridized carbons (Fsp3) is 0.357. The van der Waals surface area contributed by atoms with E-state index in [1.807, 2.05) is 0 Å². The molecule has 0 aliphatic heterocycles. The van der Waals surface area contributed by atoms with Gasteiger partial charge in [0.15, 0.2) is 5.78 Å². The highest BCUT2D eigenvalue weighted by Gasteiger charge is 2.45. The summed E-state index contributed by atoms with van der Waals surface area (Å²) in [6.45, 7) is 0. The van der Waals surface area contributed by atoms with Crippen molar-refractivity contribution in [3.8, 4) is 0 Å². The predicted octanol–water partition coefficient (Wildman–Crippen LogP) is 5.31. The zero-order chi connectivity index (χ0) is 14.9. The summed E-state index contributed by atoms with van der Waals surface area (Å²) in [4.78, 5) is 11.8. The van der Waals surface area contributed by atoms with Crippen LogP contribution in [0.15, 0.2) is 23.8 Å². The Morgan fingerprint density at radius 1 is 1.25 bits per heavy atom. The highest BCUT2D eigenvalue weighted by atomic mass is 35.5. The summed E-state index contributed by atoms with van der Waals surface area (Å²) in [5.41, 5.74) is 0.156. The summed E-state index contributed by atoms with van der Waals surface area (Å²) in [6, 6.07) is 4.47. The number of alkyl halides is 3. The molecule has 20 heavy (non-hydrogen) atoms. The van der Waals surface area contributed by atoms with Gasteiger partial charge in [0, 0.05) is 22.0 Å². The molecule has 1 aliphatic carbocycles. The summed E-state index contributed by atoms with van der Waals surface area (Å²) in [6.07, 6.45) is -2.84. The van der Waals surface area contributed by atoms with Crippen molar-refractivity contribution >= 4 is 35.1 Å². The van der Waals surface area contributed by atoms with Gasteiger partial charge in [0.25, 0.3) is 0 Å². The molecule has 1 aromatic carbocycles. The van der Waals surface area contributed by atoms with Crippen LogP contribution in [0.2, 0.25) is 10.0 Å². The number of halogens is 5. The van der Waals surface area contributed by atoms with Crippen LogP contribution in [-0.4, -0.2) is 12.0 Å². The molecule has 0 bridgehead atoms. The molecule has 6 heteroatoms. The van der Waals surface area contributed by atoms with Crippen molar-refractivity contribution in [1.29, 1.82) is 0 Å². The van der Waals surface area contributed by atoms with Crippen LogP contribution in [0, 0.1) is 5.92 Å². The minimum Gasteiger partial charge on any atom is -0.295 e. The molecule has 0 aromatic heterocycles. The van der Waals surface area contributed by atoms with Crippen molar-refractivity contribution in [2.45, 2.75) is 25.4 Å². The van der Waals surface area contributed by atoms with Crippen molar-refractivity contribution in [2.24, 2.45) is 5.92 Å². The van der Waals surface area contributed by atoms with Gasteiger partial charge in [-0.25, -0.2) is 0 Å². The number of carbonyl (C=O) groups is 1. The van der Waals surface area contributed by atoms with E-state index >= 15 is 0 Å². The van der Waals surface area contributed by atoms with Gasteiger partial charge in [0.2, 0.25) is 0 Å². The average molecular weight is 323 g/mol. The van der Waals surface area contributed by atoms with Gasteiger partial charge in [0.05, 0.1) is 5.92 Å². The summed E-state index contributed by atoms with van der Waals surface area (Å²) >= 11 is 11.7. The lowest BCUT2D eigenvalue weighted by atomic mass is 9.82. The van der Waals surface area contributed by atoms with Gasteiger partial charge >= 0.3 is 6.18 Å². The fourth-order valence-corrected chi connectivity index (χ4v) is 2.73. The first-order valence-corrected chi connectivity index (χ1v) is 6.81. The largest absolute Gasteiger partial charge is 0.395 e. The van der Waals surface area contributed by atoms with Gasteiger partial charge in [-0.3, -0.25) is 4.79 Å². The first kappa shape index (κ1) is 15.4. The van der Waals surface area contributed by atoms with Gasteiger partial charge in [-0.1, -0.05) is 29.3 Å². The van der Waals surface area contributed by atoms with Gasteiger partial charge in [-0.05, 0) is 36.6 Å². The quantitative estimate of drug-likeness (QED) is 0.640. The Balaban J connectivity index is 2.44. The van der Waals surface area contributed by atoms with Crippen LogP contribution in [0.1, 0.15) is 24.8 Å². The molecule has 1 fully saturated rings. The van der Waals surface area contributed by atoms with E-state index in [1.165, 1.54) is 24.3 Å². The SMILES string of the molecule is O=C1CCCC(C(F)(F)F)/C1=C\c1ccc(Cl)cc1Cl. The van der Waals surface area contributed by atoms with Crippen molar-refractivity contribution in [3.05, 3.63) is 39.4 Å². The van der Waals surface area contributed by atoms with Gasteiger partial charge in [-0.2, -0.15) is 13.2 Å². The maximum atomic E-state index is 13.0. The van der Waals surface area contributed by atoms with Gasteiger partial charge < -0.3 is 0 Å². The number of hydrogen-bond acceptors (Lipinski definition) is 1. The molecule has 0 spiro atoms. The second-order valence-corrected chi connectivity index (χ2v) is 5.52. The molecule has 1 atom stereocenters. The second-order valence-electron chi connectivity index (χ2n) is 4.68. The molecule has 108 valence electrons. The lowest BCUT2D eigenvalue weighted by Gasteiger charge is -2.26. The molecule has 1 aliphatic rings. The van der Waals surface area contributed by atoms with Gasteiger partial charge in [-0.15, -0.1) is 0 Å². The topological polar surface area (TPSA) is 17.1 Å². The molecule has 0 amide bonds. The summed E-state index contributed by atoms with van der Waals surface area (Å²) < 4.78 is 39.0. The molecule has 0 saturated heterocycles. The van der Waals surface area contributed by atoms with Crippen molar-refractivity contribution in [2.75, 3.05) is 0 Å². The Kier molecular flexibility index (Phi) is 4.45. The molecule has 2 rings (SSSR count). The standard InChI is InChI=1S/C14H11Cl2F3O/c15-9-5-4-8(12(16)7-9)6-10-11(14(17,18)19)2-1-3-13(10)20/h4-7,11H,1-3H2/b10-6+. The Morgan fingerprint density at radius 3 is 2.55 bits per heavy atom. The van der Waals surface area contributed by atoms with E-state index in [1.54, 1.807) is 0 Å². The van der Waals surface area contributed by atoms with E-state index in [2.05, 4.69) is 0 Å². The Morgan fingerprint density at radius 2 is 1.95 bits per heavy atom. The minimum atomic E-state index is -4.42. The van der Waals surface area contributed by atoms with E-state index in [0.29, 0.717) is 10.6 Å². The van der Waals surface area contributed by atoms with E-state index in [9.17, 15) is 18.0 Å². The summed E-state index contributed by atoms with van der Waals surface area (Å²) in [5.74, 6) is -2.18. The van der Waals surface area contributed by atoms with Crippen molar-refractivity contribution in [3.63, 3.8) is 0 Å². The van der Waals surface area contributed by atoms with E-state index < -0.39 is 17.9 Å². The molecule has 1 nitrogen and oxygen atoms in total. The summed E-state index contributed by atoms with van der Waals surface area (Å²) in [5, 5.41) is 0.615. The van der Waals surface area contributed by atoms with Crippen LogP contribution in [0.4, 0.5) is 13.2 Å². The van der Waals surface area contributed by atoms with Crippen LogP contribution < -0.4 is 0 Å². The monoisotopic (exact) mass is 322 g/mol. The second kappa shape index (κ2) is 5.78. The van der Waals surface area contributed by atoms with Gasteiger partial charge in [0.1, 0.15) is 0 Å². The van der Waals surface area contributed by atoms with E-state index in [4.69, 9.17) is 23.2 Å². The smallest absolute Gasteiger partial charge is 0.295 e. The highest BCUT2D eigenvalue weighted by molar-refractivity contribution is 6.35. The number of carbonyl (C=O) groups excluding carboxylic acids is 1. The van der Waals surface area contributed by atoms with Crippen LogP contribution in [0.3, 0.4) is 0 Å². The molecular weight excluding hydrogens is 312 g/mol. The fourth-order valence-electron chi connectivity index (χ4n) is 2.27.